The molecule has 7 heteroatoms. The number of amides is 2. The lowest BCUT2D eigenvalue weighted by atomic mass is 10.2. The number of furan rings is 1. The van der Waals surface area contributed by atoms with E-state index in [0.29, 0.717) is 4.47 Å². The molecule has 1 aliphatic heterocycles. The molecule has 1 fully saturated rings. The Kier molecular flexibility index (Phi) is 3.19. The van der Waals surface area contributed by atoms with Crippen LogP contribution >= 0.6 is 15.9 Å². The molecule has 0 bridgehead atoms. The van der Waals surface area contributed by atoms with Gasteiger partial charge in [0.1, 0.15) is 12.2 Å². The number of likely N-dealkylation sites (tertiary alicyclic amines) is 1. The standard InChI is InChI=1S/C10H10BrFN2O3/c11-6-1-2-17-8(6)10(16)14-4-5(12)3-7(14)9(13)15/h1-2,5,7H,3-4H2,(H2,13,15)/t5-,7+/m1/s1. The number of carbonyl (C=O) groups excluding carboxylic acids is 2. The van der Waals surface area contributed by atoms with Crippen molar-refractivity contribution in [2.45, 2.75) is 18.6 Å². The third kappa shape index (κ3) is 2.19. The highest BCUT2D eigenvalue weighted by molar-refractivity contribution is 9.10. The van der Waals surface area contributed by atoms with E-state index in [1.54, 1.807) is 6.07 Å². The van der Waals surface area contributed by atoms with Crippen molar-refractivity contribution in [1.29, 1.82) is 0 Å². The second kappa shape index (κ2) is 4.48. The van der Waals surface area contributed by atoms with Crippen LogP contribution in [0.25, 0.3) is 0 Å². The summed E-state index contributed by atoms with van der Waals surface area (Å²) in [6.45, 7) is -0.139. The fourth-order valence-electron chi connectivity index (χ4n) is 1.86. The number of halogens is 2. The van der Waals surface area contributed by atoms with Gasteiger partial charge in [-0.05, 0) is 22.0 Å². The van der Waals surface area contributed by atoms with Gasteiger partial charge < -0.3 is 15.1 Å². The Morgan fingerprint density at radius 1 is 1.59 bits per heavy atom. The van der Waals surface area contributed by atoms with E-state index in [9.17, 15) is 14.0 Å². The zero-order valence-corrected chi connectivity index (χ0v) is 10.3. The molecule has 1 aliphatic rings. The second-order valence-corrected chi connectivity index (χ2v) is 4.66. The molecule has 92 valence electrons. The highest BCUT2D eigenvalue weighted by Gasteiger charge is 2.40. The van der Waals surface area contributed by atoms with E-state index in [-0.39, 0.29) is 18.7 Å². The third-order valence-electron chi connectivity index (χ3n) is 2.65. The van der Waals surface area contributed by atoms with Gasteiger partial charge in [0.15, 0.2) is 0 Å². The molecule has 17 heavy (non-hydrogen) atoms. The largest absolute Gasteiger partial charge is 0.458 e. The van der Waals surface area contributed by atoms with Crippen molar-refractivity contribution in [3.63, 3.8) is 0 Å². The van der Waals surface area contributed by atoms with Gasteiger partial charge in [-0.15, -0.1) is 0 Å². The van der Waals surface area contributed by atoms with Crippen LogP contribution in [0.5, 0.6) is 0 Å². The zero-order chi connectivity index (χ0) is 12.6. The molecule has 0 radical (unpaired) electrons. The fraction of sp³-hybridized carbons (Fsp3) is 0.400. The molecule has 1 saturated heterocycles. The number of hydrogen-bond acceptors (Lipinski definition) is 3. The minimum Gasteiger partial charge on any atom is -0.458 e. The van der Waals surface area contributed by atoms with E-state index >= 15 is 0 Å². The van der Waals surface area contributed by atoms with Crippen LogP contribution in [0, 0.1) is 0 Å². The van der Waals surface area contributed by atoms with E-state index in [1.165, 1.54) is 6.26 Å². The molecule has 2 N–H and O–H groups in total. The van der Waals surface area contributed by atoms with Gasteiger partial charge in [0.25, 0.3) is 5.91 Å². The summed E-state index contributed by atoms with van der Waals surface area (Å²) in [4.78, 5) is 24.3. The smallest absolute Gasteiger partial charge is 0.291 e. The lowest BCUT2D eigenvalue weighted by Crippen LogP contribution is -2.43. The first-order valence-electron chi connectivity index (χ1n) is 4.98. The minimum absolute atomic E-state index is 0.0466. The Balaban J connectivity index is 2.25. The maximum atomic E-state index is 13.2. The number of hydrogen-bond donors (Lipinski definition) is 1. The van der Waals surface area contributed by atoms with Crippen LogP contribution in [0.4, 0.5) is 4.39 Å². The van der Waals surface area contributed by atoms with Crippen molar-refractivity contribution < 1.29 is 18.4 Å². The number of carbonyl (C=O) groups is 2. The molecule has 2 amide bonds. The molecule has 0 spiro atoms. The van der Waals surface area contributed by atoms with Crippen LogP contribution in [0.2, 0.25) is 0 Å². The number of nitrogens with zero attached hydrogens (tertiary/aromatic N) is 1. The van der Waals surface area contributed by atoms with E-state index in [4.69, 9.17) is 10.2 Å². The molecule has 1 aromatic rings. The highest BCUT2D eigenvalue weighted by atomic mass is 79.9. The number of rotatable bonds is 2. The Labute approximate surface area is 105 Å². The van der Waals surface area contributed by atoms with E-state index in [2.05, 4.69) is 15.9 Å². The lowest BCUT2D eigenvalue weighted by Gasteiger charge is -2.20. The molecule has 2 atom stereocenters. The summed E-state index contributed by atoms with van der Waals surface area (Å²) >= 11 is 3.13. The summed E-state index contributed by atoms with van der Waals surface area (Å²) in [6, 6.07) is 0.643. The quantitative estimate of drug-likeness (QED) is 0.888. The molecule has 2 heterocycles. The van der Waals surface area contributed by atoms with Crippen molar-refractivity contribution >= 4 is 27.7 Å². The predicted molar refractivity (Wildman–Crippen MR) is 59.9 cm³/mol. The van der Waals surface area contributed by atoms with Crippen LogP contribution in [-0.2, 0) is 4.79 Å². The molecule has 2 rings (SSSR count). The summed E-state index contributed by atoms with van der Waals surface area (Å²) in [5.41, 5.74) is 5.14. The summed E-state index contributed by atoms with van der Waals surface area (Å²) in [5, 5.41) is 0. The topological polar surface area (TPSA) is 76.5 Å². The van der Waals surface area contributed by atoms with Gasteiger partial charge in [-0.25, -0.2) is 4.39 Å². The van der Waals surface area contributed by atoms with Gasteiger partial charge in [-0.3, -0.25) is 9.59 Å². The first-order valence-corrected chi connectivity index (χ1v) is 5.77. The van der Waals surface area contributed by atoms with Crippen LogP contribution in [0.3, 0.4) is 0 Å². The first-order chi connectivity index (χ1) is 8.00. The average molecular weight is 305 g/mol. The second-order valence-electron chi connectivity index (χ2n) is 3.81. The number of nitrogens with two attached hydrogens (primary N) is 1. The highest BCUT2D eigenvalue weighted by Crippen LogP contribution is 2.26. The maximum Gasteiger partial charge on any atom is 0.291 e. The van der Waals surface area contributed by atoms with Gasteiger partial charge in [-0.1, -0.05) is 0 Å². The van der Waals surface area contributed by atoms with Crippen molar-refractivity contribution in [1.82, 2.24) is 4.90 Å². The van der Waals surface area contributed by atoms with Crippen LogP contribution in [-0.4, -0.2) is 35.5 Å². The average Bonchev–Trinajstić information content (AvgIpc) is 2.83. The maximum absolute atomic E-state index is 13.2. The zero-order valence-electron chi connectivity index (χ0n) is 8.73. The van der Waals surface area contributed by atoms with Crippen molar-refractivity contribution in [3.8, 4) is 0 Å². The van der Waals surface area contributed by atoms with Crippen molar-refractivity contribution in [2.75, 3.05) is 6.54 Å². The van der Waals surface area contributed by atoms with E-state index in [0.717, 1.165) is 4.90 Å². The summed E-state index contributed by atoms with van der Waals surface area (Å²) < 4.78 is 18.7. The van der Waals surface area contributed by atoms with E-state index in [1.807, 2.05) is 0 Å². The van der Waals surface area contributed by atoms with Crippen LogP contribution < -0.4 is 5.73 Å². The third-order valence-corrected chi connectivity index (χ3v) is 3.28. The molecule has 0 saturated carbocycles. The van der Waals surface area contributed by atoms with Gasteiger partial charge in [-0.2, -0.15) is 0 Å². The Hall–Kier alpha value is -1.37. The van der Waals surface area contributed by atoms with Crippen LogP contribution in [0.15, 0.2) is 21.2 Å². The summed E-state index contributed by atoms with van der Waals surface area (Å²) in [6.07, 6.45) is 0.0455. The van der Waals surface area contributed by atoms with Crippen molar-refractivity contribution in [3.05, 3.63) is 22.6 Å². The number of primary amides is 1. The SMILES string of the molecule is NC(=O)[C@@H]1C[C@@H](F)CN1C(=O)c1occc1Br. The van der Waals surface area contributed by atoms with Crippen molar-refractivity contribution in [2.24, 2.45) is 5.73 Å². The molecule has 0 aliphatic carbocycles. The molecular formula is C10H10BrFN2O3. The lowest BCUT2D eigenvalue weighted by molar-refractivity contribution is -0.121. The fourth-order valence-corrected chi connectivity index (χ4v) is 2.23. The van der Waals surface area contributed by atoms with E-state index < -0.39 is 24.0 Å². The van der Waals surface area contributed by atoms with Gasteiger partial charge >= 0.3 is 0 Å². The first kappa shape index (κ1) is 12.1. The molecular weight excluding hydrogens is 295 g/mol. The Morgan fingerprint density at radius 2 is 2.29 bits per heavy atom. The Bertz CT molecular complexity index is 462. The monoisotopic (exact) mass is 304 g/mol. The summed E-state index contributed by atoms with van der Waals surface area (Å²) in [5.74, 6) is -1.20. The molecule has 1 aromatic heterocycles. The normalized spacial score (nSPS) is 24.0. The Morgan fingerprint density at radius 3 is 2.82 bits per heavy atom. The minimum atomic E-state index is -1.23. The number of alkyl halides is 1. The van der Waals surface area contributed by atoms with Gasteiger partial charge in [0.05, 0.1) is 17.3 Å². The molecule has 0 unspecified atom stereocenters. The predicted octanol–water partition coefficient (Wildman–Crippen LogP) is 1.08. The molecule has 5 nitrogen and oxygen atoms in total. The van der Waals surface area contributed by atoms with Gasteiger partial charge in [0.2, 0.25) is 11.7 Å². The summed E-state index contributed by atoms with van der Waals surface area (Å²) in [7, 11) is 0. The molecule has 0 aromatic carbocycles. The van der Waals surface area contributed by atoms with Gasteiger partial charge in [0, 0.05) is 6.42 Å². The van der Waals surface area contributed by atoms with Crippen LogP contribution in [0.1, 0.15) is 17.0 Å².